The van der Waals surface area contributed by atoms with Crippen LogP contribution in [0.5, 0.6) is 0 Å². The van der Waals surface area contributed by atoms with Crippen LogP contribution in [-0.4, -0.2) is 19.0 Å². The Bertz CT molecular complexity index is 447. The first kappa shape index (κ1) is 10.1. The third-order valence-electron chi connectivity index (χ3n) is 1.47. The number of carboxylic acid groups (broad SMARTS) is 1. The summed E-state index contributed by atoms with van der Waals surface area (Å²) in [7, 11) is 2.50. The molecule has 1 rings (SSSR count). The normalized spacial score (nSPS) is 11.5. The highest BCUT2D eigenvalue weighted by Crippen LogP contribution is 2.17. The molecule has 13 heavy (non-hydrogen) atoms. The average molecular weight is 223 g/mol. The molecule has 0 aromatic carbocycles. The summed E-state index contributed by atoms with van der Waals surface area (Å²) >= 11 is 0. The minimum atomic E-state index is -3.88. The van der Waals surface area contributed by atoms with E-state index in [1.54, 1.807) is 0 Å². The van der Waals surface area contributed by atoms with Gasteiger partial charge in [0.25, 0.3) is 9.05 Å². The Hall–Kier alpha value is -1.01. The monoisotopic (exact) mass is 222 g/mol. The lowest BCUT2D eigenvalue weighted by Crippen LogP contribution is -2.24. The lowest BCUT2D eigenvalue weighted by atomic mass is 10.4. The lowest BCUT2D eigenvalue weighted by molar-refractivity contribution is -0.255. The van der Waals surface area contributed by atoms with Crippen molar-refractivity contribution in [2.24, 2.45) is 7.05 Å². The van der Waals surface area contributed by atoms with Crippen molar-refractivity contribution in [3.05, 3.63) is 18.0 Å². The smallest absolute Gasteiger partial charge is 0.262 e. The van der Waals surface area contributed by atoms with E-state index in [0.29, 0.717) is 0 Å². The number of hydrogen-bond acceptors (Lipinski definition) is 4. The Morgan fingerprint density at radius 1 is 1.62 bits per heavy atom. The molecule has 5 nitrogen and oxygen atoms in total. The summed E-state index contributed by atoms with van der Waals surface area (Å²) in [5.41, 5.74) is -0.237. The number of halogens is 1. The fraction of sp³-hybridized carbons (Fsp3) is 0.167. The Morgan fingerprint density at radius 3 is 2.38 bits per heavy atom. The Kier molecular flexibility index (Phi) is 2.36. The first-order valence-electron chi connectivity index (χ1n) is 3.15. The van der Waals surface area contributed by atoms with Crippen LogP contribution < -0.4 is 5.11 Å². The van der Waals surface area contributed by atoms with Crippen LogP contribution in [0.1, 0.15) is 10.5 Å². The van der Waals surface area contributed by atoms with Crippen LogP contribution in [0, 0.1) is 0 Å². The molecule has 0 aliphatic heterocycles. The van der Waals surface area contributed by atoms with Gasteiger partial charge in [-0.2, -0.15) is 0 Å². The van der Waals surface area contributed by atoms with Crippen molar-refractivity contribution in [1.29, 1.82) is 0 Å². The molecule has 0 saturated heterocycles. The van der Waals surface area contributed by atoms with E-state index < -0.39 is 15.0 Å². The van der Waals surface area contributed by atoms with Crippen molar-refractivity contribution in [1.82, 2.24) is 4.57 Å². The molecule has 1 aromatic heterocycles. The molecule has 0 bridgehead atoms. The number of aromatic carboxylic acids is 1. The van der Waals surface area contributed by atoms with Crippen LogP contribution in [0.15, 0.2) is 17.2 Å². The second kappa shape index (κ2) is 3.04. The number of rotatable bonds is 2. The molecule has 0 N–H and O–H groups in total. The maximum absolute atomic E-state index is 10.8. The van der Waals surface area contributed by atoms with Crippen molar-refractivity contribution < 1.29 is 18.3 Å². The maximum Gasteiger partial charge on any atom is 0.262 e. The largest absolute Gasteiger partial charge is 0.543 e. The van der Waals surface area contributed by atoms with Gasteiger partial charge in [0.1, 0.15) is 4.90 Å². The summed E-state index contributed by atoms with van der Waals surface area (Å²) in [6.45, 7) is 0. The van der Waals surface area contributed by atoms with Crippen molar-refractivity contribution in [2.45, 2.75) is 4.90 Å². The zero-order valence-electron chi connectivity index (χ0n) is 6.52. The number of hydrogen-bond donors (Lipinski definition) is 0. The van der Waals surface area contributed by atoms with Gasteiger partial charge in [-0.15, -0.1) is 0 Å². The van der Waals surface area contributed by atoms with E-state index in [9.17, 15) is 18.3 Å². The van der Waals surface area contributed by atoms with Crippen LogP contribution in [0.4, 0.5) is 0 Å². The van der Waals surface area contributed by atoms with Gasteiger partial charge in [0.15, 0.2) is 0 Å². The minimum absolute atomic E-state index is 0.237. The first-order chi connectivity index (χ1) is 5.82. The topological polar surface area (TPSA) is 79.2 Å². The van der Waals surface area contributed by atoms with Crippen LogP contribution in [-0.2, 0) is 16.1 Å². The standard InChI is InChI=1S/C6H6ClNO4S/c1-8-3-4(13(7,11)12)2-5(8)6(9)10/h2-3H,1H3,(H,9,10)/p-1. The van der Waals surface area contributed by atoms with Crippen molar-refractivity contribution >= 4 is 25.7 Å². The number of carboxylic acids is 1. The van der Waals surface area contributed by atoms with Crippen LogP contribution in [0.25, 0.3) is 0 Å². The molecule has 7 heteroatoms. The van der Waals surface area contributed by atoms with Crippen molar-refractivity contribution in [3.8, 4) is 0 Å². The highest BCUT2D eigenvalue weighted by atomic mass is 35.7. The molecule has 0 fully saturated rings. The molecule has 1 heterocycles. The number of nitrogens with zero attached hydrogens (tertiary/aromatic N) is 1. The first-order valence-corrected chi connectivity index (χ1v) is 5.45. The molecule has 0 unspecified atom stereocenters. The zero-order valence-corrected chi connectivity index (χ0v) is 8.09. The molecule has 0 spiro atoms. The zero-order chi connectivity index (χ0) is 10.2. The van der Waals surface area contributed by atoms with E-state index in [0.717, 1.165) is 16.8 Å². The molecule has 0 aliphatic carbocycles. The van der Waals surface area contributed by atoms with Crippen molar-refractivity contribution in [3.63, 3.8) is 0 Å². The molecule has 0 amide bonds. The summed E-state index contributed by atoms with van der Waals surface area (Å²) in [6.07, 6.45) is 1.10. The highest BCUT2D eigenvalue weighted by Gasteiger charge is 2.14. The van der Waals surface area contributed by atoms with Crippen LogP contribution in [0.2, 0.25) is 0 Å². The predicted octanol–water partition coefficient (Wildman–Crippen LogP) is -0.684. The highest BCUT2D eigenvalue weighted by molar-refractivity contribution is 8.13. The maximum atomic E-state index is 10.8. The third kappa shape index (κ3) is 2.02. The Balaban J connectivity index is 3.33. The van der Waals surface area contributed by atoms with E-state index in [2.05, 4.69) is 0 Å². The van der Waals surface area contributed by atoms with Gasteiger partial charge in [0.05, 0.1) is 11.7 Å². The fourth-order valence-corrected chi connectivity index (χ4v) is 1.66. The molecule has 1 aromatic rings. The van der Waals surface area contributed by atoms with E-state index in [1.165, 1.54) is 7.05 Å². The Morgan fingerprint density at radius 2 is 2.15 bits per heavy atom. The molecular formula is C6H5ClNO4S-. The van der Waals surface area contributed by atoms with E-state index in [1.807, 2.05) is 0 Å². The van der Waals surface area contributed by atoms with Crippen LogP contribution >= 0.6 is 10.7 Å². The van der Waals surface area contributed by atoms with E-state index in [4.69, 9.17) is 10.7 Å². The van der Waals surface area contributed by atoms with Gasteiger partial charge >= 0.3 is 0 Å². The summed E-state index contributed by atoms with van der Waals surface area (Å²) in [6, 6.07) is 0.942. The second-order valence-electron chi connectivity index (χ2n) is 2.40. The van der Waals surface area contributed by atoms with E-state index in [-0.39, 0.29) is 10.6 Å². The predicted molar refractivity (Wildman–Crippen MR) is 42.8 cm³/mol. The summed E-state index contributed by atoms with van der Waals surface area (Å²) in [5.74, 6) is -1.45. The quantitative estimate of drug-likeness (QED) is 0.621. The number of aromatic nitrogens is 1. The van der Waals surface area contributed by atoms with Gasteiger partial charge < -0.3 is 14.5 Å². The van der Waals surface area contributed by atoms with E-state index >= 15 is 0 Å². The van der Waals surface area contributed by atoms with Gasteiger partial charge in [-0.25, -0.2) is 8.42 Å². The number of carbonyl (C=O) groups is 1. The lowest BCUT2D eigenvalue weighted by Gasteiger charge is -2.00. The second-order valence-corrected chi connectivity index (χ2v) is 4.96. The SMILES string of the molecule is Cn1cc(S(=O)(=O)Cl)cc1C(=O)[O-]. The molecule has 72 valence electrons. The molecule has 0 saturated carbocycles. The van der Waals surface area contributed by atoms with Gasteiger partial charge in [0.2, 0.25) is 0 Å². The van der Waals surface area contributed by atoms with Crippen molar-refractivity contribution in [2.75, 3.05) is 0 Å². The van der Waals surface area contributed by atoms with Gasteiger partial charge in [0, 0.05) is 23.9 Å². The minimum Gasteiger partial charge on any atom is -0.543 e. The Labute approximate surface area is 79.0 Å². The number of aryl methyl sites for hydroxylation is 1. The molecule has 0 aliphatic rings. The molecule has 0 radical (unpaired) electrons. The molecular weight excluding hydrogens is 218 g/mol. The summed E-state index contributed by atoms with van der Waals surface area (Å²) in [5, 5.41) is 10.4. The average Bonchev–Trinajstić information content (AvgIpc) is 2.29. The van der Waals surface area contributed by atoms with Crippen LogP contribution in [0.3, 0.4) is 0 Å². The van der Waals surface area contributed by atoms with Gasteiger partial charge in [-0.3, -0.25) is 0 Å². The fourth-order valence-electron chi connectivity index (χ4n) is 0.870. The summed E-state index contributed by atoms with van der Waals surface area (Å²) < 4.78 is 22.6. The summed E-state index contributed by atoms with van der Waals surface area (Å²) in [4.78, 5) is 10.1. The number of carbonyl (C=O) groups excluding carboxylic acids is 1. The van der Waals surface area contributed by atoms with Gasteiger partial charge in [-0.05, 0) is 6.07 Å². The molecule has 0 atom stereocenters. The third-order valence-corrected chi connectivity index (χ3v) is 2.79. The van der Waals surface area contributed by atoms with Gasteiger partial charge in [-0.1, -0.05) is 0 Å².